The zero-order valence-electron chi connectivity index (χ0n) is 12.2. The minimum Gasteiger partial charge on any atom is -0.408 e. The predicted octanol–water partition coefficient (Wildman–Crippen LogP) is 3.13. The van der Waals surface area contributed by atoms with E-state index in [9.17, 15) is 9.18 Å². The van der Waals surface area contributed by atoms with Crippen molar-refractivity contribution in [2.24, 2.45) is 0 Å². The molecule has 0 spiro atoms. The van der Waals surface area contributed by atoms with Crippen LogP contribution in [0, 0.1) is 5.82 Å². The van der Waals surface area contributed by atoms with E-state index in [4.69, 9.17) is 10.5 Å². The number of carbonyl (C=O) groups is 1. The summed E-state index contributed by atoms with van der Waals surface area (Å²) in [7, 11) is 0. The van der Waals surface area contributed by atoms with Crippen molar-refractivity contribution in [3.63, 3.8) is 0 Å². The molecule has 0 aliphatic heterocycles. The third-order valence-electron chi connectivity index (χ3n) is 2.94. The zero-order chi connectivity index (χ0) is 15.9. The number of ether oxygens (including phenoxy) is 1. The first-order chi connectivity index (χ1) is 10.6. The van der Waals surface area contributed by atoms with Gasteiger partial charge < -0.3 is 21.1 Å². The van der Waals surface area contributed by atoms with Crippen molar-refractivity contribution in [1.29, 1.82) is 0 Å². The summed E-state index contributed by atoms with van der Waals surface area (Å²) in [5.41, 5.74) is 7.95. The molecule has 0 saturated carbocycles. The van der Waals surface area contributed by atoms with Crippen LogP contribution < -0.4 is 21.1 Å². The van der Waals surface area contributed by atoms with Crippen LogP contribution in [0.1, 0.15) is 12.5 Å². The van der Waals surface area contributed by atoms with Gasteiger partial charge in [0.15, 0.2) is 5.75 Å². The second-order valence-electron chi connectivity index (χ2n) is 4.65. The second kappa shape index (κ2) is 7.31. The molecule has 0 heterocycles. The van der Waals surface area contributed by atoms with Crippen molar-refractivity contribution in [2.75, 3.05) is 17.6 Å². The van der Waals surface area contributed by atoms with Crippen LogP contribution in [0.3, 0.4) is 0 Å². The number of nitrogen functional groups attached to an aromatic ring is 1. The molecule has 1 amide bonds. The van der Waals surface area contributed by atoms with E-state index in [1.54, 1.807) is 37.3 Å². The molecule has 0 saturated heterocycles. The Hall–Kier alpha value is -2.76. The highest BCUT2D eigenvalue weighted by Crippen LogP contribution is 2.25. The average molecular weight is 303 g/mol. The van der Waals surface area contributed by atoms with Gasteiger partial charge in [-0.15, -0.1) is 0 Å². The molecule has 2 aromatic carbocycles. The van der Waals surface area contributed by atoms with Crippen LogP contribution >= 0.6 is 0 Å². The predicted molar refractivity (Wildman–Crippen MR) is 84.3 cm³/mol. The van der Waals surface area contributed by atoms with Crippen LogP contribution in [0.4, 0.5) is 20.6 Å². The number of hydrogen-bond acceptors (Lipinski definition) is 4. The first-order valence-electron chi connectivity index (χ1n) is 6.92. The quantitative estimate of drug-likeness (QED) is 0.742. The second-order valence-corrected chi connectivity index (χ2v) is 4.65. The largest absolute Gasteiger partial charge is 0.412 e. The number of halogens is 1. The molecule has 0 aliphatic carbocycles. The van der Waals surface area contributed by atoms with E-state index < -0.39 is 6.09 Å². The van der Waals surface area contributed by atoms with Gasteiger partial charge in [-0.1, -0.05) is 12.1 Å². The molecule has 0 bridgehead atoms. The van der Waals surface area contributed by atoms with Gasteiger partial charge in [0.25, 0.3) is 0 Å². The minimum absolute atomic E-state index is 0.264. The summed E-state index contributed by atoms with van der Waals surface area (Å²) in [6, 6.07) is 11.3. The lowest BCUT2D eigenvalue weighted by Gasteiger charge is -2.11. The van der Waals surface area contributed by atoms with Crippen LogP contribution in [-0.4, -0.2) is 12.6 Å². The molecule has 22 heavy (non-hydrogen) atoms. The van der Waals surface area contributed by atoms with Crippen LogP contribution in [0.15, 0.2) is 42.5 Å². The molecular formula is C16H18FN3O2. The topological polar surface area (TPSA) is 76.4 Å². The van der Waals surface area contributed by atoms with Gasteiger partial charge in [0.1, 0.15) is 5.82 Å². The molecule has 0 atom stereocenters. The number of hydrogen-bond donors (Lipinski definition) is 3. The third-order valence-corrected chi connectivity index (χ3v) is 2.94. The van der Waals surface area contributed by atoms with Crippen LogP contribution in [0.2, 0.25) is 0 Å². The summed E-state index contributed by atoms with van der Waals surface area (Å²) in [5.74, 6) is 0.0399. The molecule has 0 radical (unpaired) electrons. The van der Waals surface area contributed by atoms with Crippen molar-refractivity contribution < 1.29 is 13.9 Å². The highest BCUT2D eigenvalue weighted by Gasteiger charge is 2.07. The van der Waals surface area contributed by atoms with Gasteiger partial charge in [-0.25, -0.2) is 9.18 Å². The molecular weight excluding hydrogens is 285 g/mol. The highest BCUT2D eigenvalue weighted by molar-refractivity contribution is 5.74. The van der Waals surface area contributed by atoms with Crippen molar-refractivity contribution in [2.45, 2.75) is 13.5 Å². The number of nitrogens with two attached hydrogens (primary N) is 1. The number of anilines is 2. The summed E-state index contributed by atoms with van der Waals surface area (Å²) in [4.78, 5) is 11.4. The number of amides is 1. The maximum atomic E-state index is 12.8. The van der Waals surface area contributed by atoms with Gasteiger partial charge >= 0.3 is 6.09 Å². The van der Waals surface area contributed by atoms with Gasteiger partial charge in [-0.3, -0.25) is 0 Å². The smallest absolute Gasteiger partial charge is 0.408 e. The number of benzene rings is 2. The molecule has 0 unspecified atom stereocenters. The standard InChI is InChI=1S/C16H18FN3O2/c1-2-19-16(21)22-15-8-7-13(9-14(15)18)20-10-11-3-5-12(17)6-4-11/h3-9,20H,2,10,18H2,1H3,(H,19,21). The Kier molecular flexibility index (Phi) is 5.19. The highest BCUT2D eigenvalue weighted by atomic mass is 19.1. The number of rotatable bonds is 5. The van der Waals surface area contributed by atoms with E-state index in [0.29, 0.717) is 24.5 Å². The first kappa shape index (κ1) is 15.6. The lowest BCUT2D eigenvalue weighted by molar-refractivity contribution is 0.201. The monoisotopic (exact) mass is 303 g/mol. The Balaban J connectivity index is 1.97. The van der Waals surface area contributed by atoms with E-state index in [2.05, 4.69) is 10.6 Å². The van der Waals surface area contributed by atoms with Gasteiger partial charge in [-0.2, -0.15) is 0 Å². The van der Waals surface area contributed by atoms with E-state index >= 15 is 0 Å². The molecule has 0 aliphatic rings. The van der Waals surface area contributed by atoms with E-state index in [1.807, 2.05) is 0 Å². The molecule has 5 nitrogen and oxygen atoms in total. The van der Waals surface area contributed by atoms with Gasteiger partial charge in [0.2, 0.25) is 0 Å². The Morgan fingerprint density at radius 3 is 2.59 bits per heavy atom. The summed E-state index contributed by atoms with van der Waals surface area (Å²) in [5, 5.41) is 5.69. The van der Waals surface area contributed by atoms with Gasteiger partial charge in [0.05, 0.1) is 5.69 Å². The molecule has 6 heteroatoms. The summed E-state index contributed by atoms with van der Waals surface area (Å²) in [6.45, 7) is 2.82. The lowest BCUT2D eigenvalue weighted by Crippen LogP contribution is -2.26. The van der Waals surface area contributed by atoms with Crippen LogP contribution in [-0.2, 0) is 6.54 Å². The Morgan fingerprint density at radius 2 is 1.95 bits per heavy atom. The number of nitrogens with one attached hydrogen (secondary N) is 2. The van der Waals surface area contributed by atoms with Crippen molar-refractivity contribution in [1.82, 2.24) is 5.32 Å². The number of carbonyl (C=O) groups excluding carboxylic acids is 1. The normalized spacial score (nSPS) is 10.1. The van der Waals surface area contributed by atoms with Gasteiger partial charge in [0, 0.05) is 18.8 Å². The SMILES string of the molecule is CCNC(=O)Oc1ccc(NCc2ccc(F)cc2)cc1N. The van der Waals surface area contributed by atoms with E-state index in [-0.39, 0.29) is 5.82 Å². The minimum atomic E-state index is -0.541. The fraction of sp³-hybridized carbons (Fsp3) is 0.188. The molecule has 2 rings (SSSR count). The Bertz CT molecular complexity index is 644. The van der Waals surface area contributed by atoms with E-state index in [1.165, 1.54) is 12.1 Å². The summed E-state index contributed by atoms with van der Waals surface area (Å²) < 4.78 is 17.9. The summed E-state index contributed by atoms with van der Waals surface area (Å²) in [6.07, 6.45) is -0.541. The summed E-state index contributed by atoms with van der Waals surface area (Å²) >= 11 is 0. The van der Waals surface area contributed by atoms with Crippen molar-refractivity contribution >= 4 is 17.5 Å². The molecule has 4 N–H and O–H groups in total. The zero-order valence-corrected chi connectivity index (χ0v) is 12.2. The van der Waals surface area contributed by atoms with Gasteiger partial charge in [-0.05, 0) is 42.8 Å². The van der Waals surface area contributed by atoms with Crippen molar-refractivity contribution in [3.8, 4) is 5.75 Å². The molecule has 2 aromatic rings. The van der Waals surface area contributed by atoms with E-state index in [0.717, 1.165) is 11.3 Å². The van der Waals surface area contributed by atoms with Crippen LogP contribution in [0.5, 0.6) is 5.75 Å². The Labute approximate surface area is 128 Å². The molecule has 0 aromatic heterocycles. The molecule has 0 fully saturated rings. The average Bonchev–Trinajstić information content (AvgIpc) is 2.49. The van der Waals surface area contributed by atoms with Crippen LogP contribution in [0.25, 0.3) is 0 Å². The maximum absolute atomic E-state index is 12.8. The lowest BCUT2D eigenvalue weighted by atomic mass is 10.2. The fourth-order valence-electron chi connectivity index (χ4n) is 1.84. The van der Waals surface area contributed by atoms with Crippen molar-refractivity contribution in [3.05, 3.63) is 53.8 Å². The maximum Gasteiger partial charge on any atom is 0.412 e. The Morgan fingerprint density at radius 1 is 1.23 bits per heavy atom. The fourth-order valence-corrected chi connectivity index (χ4v) is 1.84. The first-order valence-corrected chi connectivity index (χ1v) is 6.92. The molecule has 116 valence electrons. The third kappa shape index (κ3) is 4.37.